The number of thiophene rings is 1. The molecule has 0 unspecified atom stereocenters. The second kappa shape index (κ2) is 11.7. The van der Waals surface area contributed by atoms with Crippen LogP contribution in [0, 0.1) is 5.41 Å². The van der Waals surface area contributed by atoms with Crippen molar-refractivity contribution >= 4 is 80.0 Å². The summed E-state index contributed by atoms with van der Waals surface area (Å²) in [6.45, 7) is 0.886. The van der Waals surface area contributed by atoms with Crippen LogP contribution in [-0.2, 0) is 32.3 Å². The van der Waals surface area contributed by atoms with E-state index in [1.54, 1.807) is 0 Å². The highest BCUT2D eigenvalue weighted by Crippen LogP contribution is 2.40. The molecule has 6 heterocycles. The lowest BCUT2D eigenvalue weighted by Gasteiger charge is -2.49. The number of pyridine rings is 1. The van der Waals surface area contributed by atoms with Crippen molar-refractivity contribution in [2.75, 3.05) is 18.6 Å². The van der Waals surface area contributed by atoms with Gasteiger partial charge in [-0.2, -0.15) is 9.36 Å². The Balaban J connectivity index is 1.18. The molecule has 0 saturated carbocycles. The van der Waals surface area contributed by atoms with Crippen LogP contribution < -0.4 is 21.4 Å². The van der Waals surface area contributed by atoms with Gasteiger partial charge in [-0.05, 0) is 12.1 Å². The summed E-state index contributed by atoms with van der Waals surface area (Å²) in [7, 11) is 1.25. The SMILES string of the molecule is CO/N=C(\C(=O)N[C@@H]1C(=O)N2C(C(=O)O)=C(C[n+]3ccc4c(ccn4Cc4cc(C(=N)N)cs4)c3)CS[C@H]12)c1nsc(N)n1. The summed E-state index contributed by atoms with van der Waals surface area (Å²) in [6.07, 6.45) is 5.77. The van der Waals surface area contributed by atoms with E-state index in [0.29, 0.717) is 23.4 Å². The molecule has 0 spiro atoms. The number of hydrogen-bond donors (Lipinski definition) is 5. The molecule has 226 valence electrons. The smallest absolute Gasteiger partial charge is 0.352 e. The molecular formula is C26H25N10O5S3+. The number of carboxylic acids is 1. The number of nitrogens with zero attached hydrogens (tertiary/aromatic N) is 6. The van der Waals surface area contributed by atoms with Crippen LogP contribution in [-0.4, -0.2) is 77.5 Å². The molecule has 15 nitrogen and oxygen atoms in total. The van der Waals surface area contributed by atoms with Crippen LogP contribution in [0.5, 0.6) is 0 Å². The first-order valence-electron chi connectivity index (χ1n) is 13.0. The third-order valence-electron chi connectivity index (χ3n) is 7.02. The van der Waals surface area contributed by atoms with Crippen LogP contribution in [0.25, 0.3) is 10.9 Å². The Labute approximate surface area is 261 Å². The van der Waals surface area contributed by atoms with Crippen molar-refractivity contribution in [1.29, 1.82) is 5.41 Å². The van der Waals surface area contributed by atoms with Crippen LogP contribution in [0.1, 0.15) is 16.3 Å². The molecule has 4 aromatic rings. The lowest BCUT2D eigenvalue weighted by molar-refractivity contribution is -0.687. The predicted octanol–water partition coefficient (Wildman–Crippen LogP) is 0.546. The standard InChI is InChI=1S/C26H24N10O5S3/c1-41-32-17(21-31-26(29)44-33-21)22(37)30-18-23(38)36-19(25(39)40)14(11-43-24(18)36)8-34-4-3-16-12(7-34)2-5-35(16)9-15-6-13(10-42-15)20(27)28/h2-7,10,18,24H,8-9,11H2,1H3,(H6-,27,28,29,30,31,33,37,39,40)/p+1/b32-17-/t18-,24-/m1/s1. The van der Waals surface area contributed by atoms with Gasteiger partial charge in [-0.25, -0.2) is 9.36 Å². The largest absolute Gasteiger partial charge is 0.477 e. The summed E-state index contributed by atoms with van der Waals surface area (Å²) in [5, 5.41) is 26.4. The number of rotatable bonds is 10. The Morgan fingerprint density at radius 2 is 2.18 bits per heavy atom. The Kier molecular flexibility index (Phi) is 7.78. The van der Waals surface area contributed by atoms with Crippen LogP contribution in [0.2, 0.25) is 0 Å². The minimum atomic E-state index is -1.22. The topological polar surface area (TPSA) is 219 Å². The van der Waals surface area contributed by atoms with E-state index in [9.17, 15) is 19.5 Å². The highest BCUT2D eigenvalue weighted by Gasteiger charge is 2.55. The summed E-state index contributed by atoms with van der Waals surface area (Å²) >= 11 is 3.78. The maximum absolute atomic E-state index is 13.2. The molecule has 1 fully saturated rings. The highest BCUT2D eigenvalue weighted by atomic mass is 32.2. The number of nitrogen functional groups attached to an aromatic ring is 2. The van der Waals surface area contributed by atoms with Gasteiger partial charge < -0.3 is 31.3 Å². The van der Waals surface area contributed by atoms with Crippen LogP contribution in [0.3, 0.4) is 0 Å². The quantitative estimate of drug-likeness (QED) is 0.0526. The Morgan fingerprint density at radius 3 is 2.86 bits per heavy atom. The van der Waals surface area contributed by atoms with Crippen LogP contribution in [0.4, 0.5) is 5.13 Å². The fourth-order valence-corrected chi connectivity index (χ4v) is 7.69. The predicted molar refractivity (Wildman–Crippen MR) is 164 cm³/mol. The molecule has 2 atom stereocenters. The number of hydrogen-bond acceptors (Lipinski definition) is 12. The zero-order chi connectivity index (χ0) is 31.1. The molecule has 4 aromatic heterocycles. The van der Waals surface area contributed by atoms with Crippen molar-refractivity contribution in [3.8, 4) is 0 Å². The fraction of sp³-hybridized carbons (Fsp3) is 0.231. The number of amidine groups is 1. The molecule has 18 heteroatoms. The van der Waals surface area contributed by atoms with Crippen molar-refractivity contribution in [3.63, 3.8) is 0 Å². The first-order valence-corrected chi connectivity index (χ1v) is 15.7. The van der Waals surface area contributed by atoms with E-state index < -0.39 is 29.2 Å². The number of carboxylic acid groups (broad SMARTS) is 1. The number of fused-ring (bicyclic) bond motifs is 2. The Morgan fingerprint density at radius 1 is 1.36 bits per heavy atom. The lowest BCUT2D eigenvalue weighted by atomic mass is 10.0. The second-order valence-corrected chi connectivity index (χ2v) is 12.7. The molecule has 7 N–H and O–H groups in total. The summed E-state index contributed by atoms with van der Waals surface area (Å²) < 4.78 is 7.95. The van der Waals surface area contributed by atoms with E-state index in [0.717, 1.165) is 27.3 Å². The molecule has 44 heavy (non-hydrogen) atoms. The van der Waals surface area contributed by atoms with Gasteiger partial charge >= 0.3 is 5.97 Å². The molecule has 2 amide bonds. The van der Waals surface area contributed by atoms with Gasteiger partial charge in [-0.1, -0.05) is 5.16 Å². The van der Waals surface area contributed by atoms with Gasteiger partial charge in [-0.15, -0.1) is 23.1 Å². The molecule has 0 radical (unpaired) electrons. The van der Waals surface area contributed by atoms with Crippen LogP contribution in [0.15, 0.2) is 58.6 Å². The van der Waals surface area contributed by atoms with Crippen molar-refractivity contribution in [3.05, 3.63) is 69.7 Å². The average Bonchev–Trinajstić information content (AvgIpc) is 3.74. The molecular weight excluding hydrogens is 629 g/mol. The number of amides is 2. The third kappa shape index (κ3) is 5.38. The molecule has 0 bridgehead atoms. The van der Waals surface area contributed by atoms with Gasteiger partial charge in [0.1, 0.15) is 30.1 Å². The molecule has 6 rings (SSSR count). The Hall–Kier alpha value is -4.81. The zero-order valence-corrected chi connectivity index (χ0v) is 25.4. The van der Waals surface area contributed by atoms with Gasteiger partial charge in [0.2, 0.25) is 11.5 Å². The first kappa shape index (κ1) is 29.3. The van der Waals surface area contributed by atoms with Gasteiger partial charge in [0, 0.05) is 50.9 Å². The average molecular weight is 654 g/mol. The fourth-order valence-electron chi connectivity index (χ4n) is 5.04. The van der Waals surface area contributed by atoms with E-state index >= 15 is 0 Å². The van der Waals surface area contributed by atoms with Crippen molar-refractivity contribution < 1.29 is 28.9 Å². The normalized spacial score (nSPS) is 18.2. The minimum Gasteiger partial charge on any atom is -0.477 e. The number of nitrogens with two attached hydrogens (primary N) is 2. The molecule has 2 aliphatic rings. The number of oxime groups is 1. The third-order valence-corrected chi connectivity index (χ3v) is 9.82. The Bertz CT molecular complexity index is 1890. The van der Waals surface area contributed by atoms with Crippen molar-refractivity contribution in [1.82, 2.24) is 24.1 Å². The maximum atomic E-state index is 13.2. The van der Waals surface area contributed by atoms with Gasteiger partial charge in [-0.3, -0.25) is 19.9 Å². The number of β-lactam (4-membered cyclic amide) rings is 1. The van der Waals surface area contributed by atoms with E-state index in [1.165, 1.54) is 35.1 Å². The van der Waals surface area contributed by atoms with Crippen LogP contribution >= 0.6 is 34.6 Å². The molecule has 1 saturated heterocycles. The lowest BCUT2D eigenvalue weighted by Crippen LogP contribution is -2.71. The number of anilines is 1. The van der Waals surface area contributed by atoms with Gasteiger partial charge in [0.05, 0.1) is 17.4 Å². The zero-order valence-electron chi connectivity index (χ0n) is 23.0. The number of nitrogens with one attached hydrogen (secondary N) is 2. The van der Waals surface area contributed by atoms with E-state index in [-0.39, 0.29) is 34.7 Å². The molecule has 0 aromatic carbocycles. The summed E-state index contributed by atoms with van der Waals surface area (Å²) in [4.78, 5) is 49.5. The van der Waals surface area contributed by atoms with Crippen molar-refractivity contribution in [2.45, 2.75) is 24.5 Å². The highest BCUT2D eigenvalue weighted by molar-refractivity contribution is 8.00. The monoisotopic (exact) mass is 653 g/mol. The number of aromatic nitrogens is 4. The summed E-state index contributed by atoms with van der Waals surface area (Å²) in [6, 6.07) is 4.87. The number of carbonyl (C=O) groups is 3. The first-order chi connectivity index (χ1) is 21.1. The number of thioether (sulfide) groups is 1. The molecule has 2 aliphatic heterocycles. The van der Waals surface area contributed by atoms with Crippen molar-refractivity contribution in [2.24, 2.45) is 10.9 Å². The number of aliphatic carboxylic acids is 1. The summed E-state index contributed by atoms with van der Waals surface area (Å²) in [5.74, 6) is -2.18. The van der Waals surface area contributed by atoms with Gasteiger partial charge in [0.25, 0.3) is 11.8 Å². The maximum Gasteiger partial charge on any atom is 0.352 e. The van der Waals surface area contributed by atoms with Gasteiger partial charge in [0.15, 0.2) is 24.1 Å². The second-order valence-electron chi connectivity index (χ2n) is 9.81. The van der Waals surface area contributed by atoms with E-state index in [2.05, 4.69) is 24.4 Å². The van der Waals surface area contributed by atoms with E-state index in [1.807, 2.05) is 46.7 Å². The van der Waals surface area contributed by atoms with E-state index in [4.69, 9.17) is 21.7 Å². The number of carbonyl (C=O) groups excluding carboxylic acids is 2. The summed E-state index contributed by atoms with van der Waals surface area (Å²) in [5.41, 5.74) is 13.1. The minimum absolute atomic E-state index is 0.0363. The molecule has 0 aliphatic carbocycles.